The number of alkyl halides is 6. The quantitative estimate of drug-likeness (QED) is 0.534. The van der Waals surface area contributed by atoms with Crippen LogP contribution in [-0.4, -0.2) is 86.7 Å². The van der Waals surface area contributed by atoms with Crippen LogP contribution in [0.4, 0.5) is 26.3 Å². The first-order chi connectivity index (χ1) is 18.2. The second-order valence-electron chi connectivity index (χ2n) is 8.00. The zero-order valence-electron chi connectivity index (χ0n) is 19.9. The molecule has 0 unspecified atom stereocenters. The fourth-order valence-electron chi connectivity index (χ4n) is 3.68. The third-order valence-electron chi connectivity index (χ3n) is 5.31. The highest BCUT2D eigenvalue weighted by Gasteiger charge is 2.45. The summed E-state index contributed by atoms with van der Waals surface area (Å²) in [5.74, 6) is -4.80. The molecule has 1 aliphatic heterocycles. The molecule has 10 nitrogen and oxygen atoms in total. The predicted molar refractivity (Wildman–Crippen MR) is 118 cm³/mol. The summed E-state index contributed by atoms with van der Waals surface area (Å²) in [4.78, 5) is 41.0. The SMILES string of the molecule is O=C(Cc1ccccn1)N1CCO[C@H]2[C@H](Oc3ccccn3)CC[C@@H]21.O=C(O)C(F)(F)F.O=C(O)C(F)(F)F. The van der Waals surface area contributed by atoms with Crippen LogP contribution < -0.4 is 4.74 Å². The van der Waals surface area contributed by atoms with E-state index in [1.54, 1.807) is 12.4 Å². The average molecular weight is 567 g/mol. The van der Waals surface area contributed by atoms with Crippen molar-refractivity contribution in [1.82, 2.24) is 14.9 Å². The number of carboxylic acids is 2. The molecule has 39 heavy (non-hydrogen) atoms. The fourth-order valence-corrected chi connectivity index (χ4v) is 3.68. The van der Waals surface area contributed by atoms with Crippen molar-refractivity contribution < 1.29 is 60.4 Å². The number of pyridine rings is 2. The molecule has 214 valence electrons. The molecule has 1 aliphatic carbocycles. The molecular formula is C23H23F6N3O7. The minimum atomic E-state index is -5.08. The third-order valence-corrected chi connectivity index (χ3v) is 5.31. The summed E-state index contributed by atoms with van der Waals surface area (Å²) in [7, 11) is 0. The van der Waals surface area contributed by atoms with Gasteiger partial charge >= 0.3 is 24.3 Å². The van der Waals surface area contributed by atoms with Gasteiger partial charge in [-0.25, -0.2) is 14.6 Å². The maximum absolute atomic E-state index is 12.8. The van der Waals surface area contributed by atoms with E-state index in [-0.39, 0.29) is 24.2 Å². The van der Waals surface area contributed by atoms with Crippen molar-refractivity contribution in [2.75, 3.05) is 13.2 Å². The first-order valence-corrected chi connectivity index (χ1v) is 11.2. The van der Waals surface area contributed by atoms with Crippen molar-refractivity contribution >= 4 is 17.8 Å². The lowest BCUT2D eigenvalue weighted by molar-refractivity contribution is -0.193. The normalized spacial score (nSPS) is 20.4. The number of ether oxygens (including phenoxy) is 2. The van der Waals surface area contributed by atoms with Crippen LogP contribution >= 0.6 is 0 Å². The van der Waals surface area contributed by atoms with Gasteiger partial charge in [-0.3, -0.25) is 9.78 Å². The molecule has 3 heterocycles. The number of carbonyl (C=O) groups excluding carboxylic acids is 1. The Kier molecular flexibility index (Phi) is 11.0. The zero-order chi connectivity index (χ0) is 29.2. The first kappa shape index (κ1) is 31.3. The maximum atomic E-state index is 12.8. The van der Waals surface area contributed by atoms with Gasteiger partial charge in [-0.1, -0.05) is 12.1 Å². The van der Waals surface area contributed by atoms with E-state index in [9.17, 15) is 31.1 Å². The lowest BCUT2D eigenvalue weighted by atomic mass is 10.1. The number of hydrogen-bond acceptors (Lipinski definition) is 7. The molecule has 0 aromatic carbocycles. The molecule has 4 rings (SSSR count). The van der Waals surface area contributed by atoms with Gasteiger partial charge in [0.05, 0.1) is 19.1 Å². The highest BCUT2D eigenvalue weighted by molar-refractivity contribution is 5.79. The smallest absolute Gasteiger partial charge is 0.475 e. The Morgan fingerprint density at radius 2 is 1.49 bits per heavy atom. The van der Waals surface area contributed by atoms with Crippen LogP contribution in [0.15, 0.2) is 48.8 Å². The molecule has 2 fully saturated rings. The molecule has 2 N–H and O–H groups in total. The predicted octanol–water partition coefficient (Wildman–Crippen LogP) is 3.12. The number of fused-ring (bicyclic) bond motifs is 1. The number of hydrogen-bond donors (Lipinski definition) is 2. The molecule has 16 heteroatoms. The number of aromatic nitrogens is 2. The molecule has 0 bridgehead atoms. The fraction of sp³-hybridized carbons (Fsp3) is 0.435. The largest absolute Gasteiger partial charge is 0.490 e. The maximum Gasteiger partial charge on any atom is 0.490 e. The van der Waals surface area contributed by atoms with E-state index in [2.05, 4.69) is 9.97 Å². The van der Waals surface area contributed by atoms with Gasteiger partial charge < -0.3 is 24.6 Å². The van der Waals surface area contributed by atoms with E-state index in [1.165, 1.54) is 0 Å². The van der Waals surface area contributed by atoms with Gasteiger partial charge in [-0.05, 0) is 31.0 Å². The van der Waals surface area contributed by atoms with Crippen LogP contribution in [0.3, 0.4) is 0 Å². The monoisotopic (exact) mass is 567 g/mol. The molecule has 2 aromatic heterocycles. The summed E-state index contributed by atoms with van der Waals surface area (Å²) in [5.41, 5.74) is 0.801. The van der Waals surface area contributed by atoms with Crippen LogP contribution in [0.5, 0.6) is 5.88 Å². The van der Waals surface area contributed by atoms with Crippen LogP contribution in [0.25, 0.3) is 0 Å². The number of amides is 1. The van der Waals surface area contributed by atoms with Crippen molar-refractivity contribution in [3.63, 3.8) is 0 Å². The second-order valence-corrected chi connectivity index (χ2v) is 8.00. The Labute approximate surface area is 217 Å². The summed E-state index contributed by atoms with van der Waals surface area (Å²) < 4.78 is 75.4. The third kappa shape index (κ3) is 10.0. The van der Waals surface area contributed by atoms with E-state index < -0.39 is 24.3 Å². The van der Waals surface area contributed by atoms with E-state index in [1.807, 2.05) is 41.3 Å². The van der Waals surface area contributed by atoms with E-state index in [0.29, 0.717) is 25.5 Å². The van der Waals surface area contributed by atoms with Crippen LogP contribution in [0.1, 0.15) is 18.5 Å². The highest BCUT2D eigenvalue weighted by atomic mass is 19.4. The molecule has 1 saturated carbocycles. The van der Waals surface area contributed by atoms with Crippen LogP contribution in [0, 0.1) is 0 Å². The van der Waals surface area contributed by atoms with Gasteiger partial charge in [-0.15, -0.1) is 0 Å². The first-order valence-electron chi connectivity index (χ1n) is 11.2. The summed E-state index contributed by atoms with van der Waals surface area (Å²) >= 11 is 0. The number of halogens is 6. The molecule has 2 aliphatic rings. The standard InChI is InChI=1S/C19H21N3O3.2C2HF3O2/c23-18(13-14-5-1-3-9-20-14)22-11-12-24-19-15(22)7-8-16(19)25-17-6-2-4-10-21-17;2*3-2(4,5)1(6)7/h1-6,9-10,15-16,19H,7-8,11-13H2;2*(H,6,7)/t15-,16+,19+;;/m0../s1. The van der Waals surface area contributed by atoms with Crippen molar-refractivity contribution in [3.05, 3.63) is 54.5 Å². The summed E-state index contributed by atoms with van der Waals surface area (Å²) in [6.07, 6.45) is -4.82. The van der Waals surface area contributed by atoms with Gasteiger partial charge in [0.15, 0.2) is 0 Å². The topological polar surface area (TPSA) is 139 Å². The molecule has 0 radical (unpaired) electrons. The van der Waals surface area contributed by atoms with E-state index in [0.717, 1.165) is 18.5 Å². The number of nitrogens with zero attached hydrogens (tertiary/aromatic N) is 3. The molecule has 1 amide bonds. The van der Waals surface area contributed by atoms with Gasteiger partial charge in [0.2, 0.25) is 11.8 Å². The Morgan fingerprint density at radius 3 is 1.97 bits per heavy atom. The number of carboxylic acid groups (broad SMARTS) is 2. The van der Waals surface area contributed by atoms with Crippen LogP contribution in [0.2, 0.25) is 0 Å². The number of morpholine rings is 1. The number of aliphatic carboxylic acids is 2. The highest BCUT2D eigenvalue weighted by Crippen LogP contribution is 2.33. The zero-order valence-corrected chi connectivity index (χ0v) is 19.9. The van der Waals surface area contributed by atoms with Crippen molar-refractivity contribution in [1.29, 1.82) is 0 Å². The van der Waals surface area contributed by atoms with E-state index >= 15 is 0 Å². The van der Waals surface area contributed by atoms with Gasteiger partial charge in [0.1, 0.15) is 12.2 Å². The van der Waals surface area contributed by atoms with Gasteiger partial charge in [0.25, 0.3) is 0 Å². The molecule has 3 atom stereocenters. The second kappa shape index (κ2) is 13.7. The lowest BCUT2D eigenvalue weighted by Crippen LogP contribution is -2.54. The molecule has 0 spiro atoms. The van der Waals surface area contributed by atoms with Crippen molar-refractivity contribution in [3.8, 4) is 5.88 Å². The Hall–Kier alpha value is -3.95. The molecule has 1 saturated heterocycles. The Balaban J connectivity index is 0.000000317. The summed E-state index contributed by atoms with van der Waals surface area (Å²) in [6, 6.07) is 11.3. The number of rotatable bonds is 4. The summed E-state index contributed by atoms with van der Waals surface area (Å²) in [5, 5.41) is 14.2. The minimum Gasteiger partial charge on any atom is -0.475 e. The minimum absolute atomic E-state index is 0.0645. The van der Waals surface area contributed by atoms with E-state index in [4.69, 9.17) is 29.3 Å². The Morgan fingerprint density at radius 1 is 0.923 bits per heavy atom. The molecule has 2 aromatic rings. The van der Waals surface area contributed by atoms with Gasteiger partial charge in [-0.2, -0.15) is 26.3 Å². The summed E-state index contributed by atoms with van der Waals surface area (Å²) in [6.45, 7) is 1.17. The van der Waals surface area contributed by atoms with Gasteiger partial charge in [0, 0.05) is 30.7 Å². The number of carbonyl (C=O) groups is 3. The van der Waals surface area contributed by atoms with Crippen molar-refractivity contribution in [2.45, 2.75) is 49.9 Å². The van der Waals surface area contributed by atoms with Crippen LogP contribution in [-0.2, 0) is 25.5 Å². The Bertz CT molecular complexity index is 1060. The van der Waals surface area contributed by atoms with Crippen molar-refractivity contribution in [2.24, 2.45) is 0 Å². The molecular weight excluding hydrogens is 544 g/mol. The average Bonchev–Trinajstić information content (AvgIpc) is 3.27. The lowest BCUT2D eigenvalue weighted by Gasteiger charge is -2.39.